The Kier molecular flexibility index (Phi) is 3.13. The standard InChI is InChI=1S/C9H9FN6O2/c1-5(9-12-14-15-13-9)11-7-3-2-6(10)4-8(7)16(17)18/h2-5,11H,1H3,(H,12,13,14,15). The van der Waals surface area contributed by atoms with E-state index in [4.69, 9.17) is 0 Å². The van der Waals surface area contributed by atoms with Crippen molar-refractivity contribution in [2.75, 3.05) is 5.32 Å². The third-order valence-corrected chi connectivity index (χ3v) is 2.28. The average Bonchev–Trinajstić information content (AvgIpc) is 2.84. The number of hydrogen-bond donors (Lipinski definition) is 2. The van der Waals surface area contributed by atoms with Gasteiger partial charge in [0.05, 0.1) is 17.0 Å². The smallest absolute Gasteiger partial charge is 0.295 e. The number of H-pyrrole nitrogens is 1. The van der Waals surface area contributed by atoms with Crippen LogP contribution in [-0.4, -0.2) is 25.5 Å². The van der Waals surface area contributed by atoms with Crippen molar-refractivity contribution in [3.8, 4) is 0 Å². The van der Waals surface area contributed by atoms with Crippen LogP contribution in [0.15, 0.2) is 18.2 Å². The van der Waals surface area contributed by atoms with Crippen LogP contribution in [0.1, 0.15) is 18.8 Å². The third-order valence-electron chi connectivity index (χ3n) is 2.28. The molecular weight excluding hydrogens is 243 g/mol. The number of nitro benzene ring substituents is 1. The summed E-state index contributed by atoms with van der Waals surface area (Å²) in [7, 11) is 0. The molecular formula is C9H9FN6O2. The van der Waals surface area contributed by atoms with E-state index in [1.165, 1.54) is 6.07 Å². The number of tetrazole rings is 1. The molecule has 1 heterocycles. The molecule has 0 aliphatic rings. The average molecular weight is 252 g/mol. The number of rotatable bonds is 4. The predicted molar refractivity (Wildman–Crippen MR) is 59.3 cm³/mol. The van der Waals surface area contributed by atoms with Crippen molar-refractivity contribution in [3.63, 3.8) is 0 Å². The Hall–Kier alpha value is -2.58. The van der Waals surface area contributed by atoms with E-state index in [1.807, 2.05) is 0 Å². The molecule has 0 spiro atoms. The number of halogens is 1. The molecule has 2 aromatic rings. The van der Waals surface area contributed by atoms with E-state index in [0.717, 1.165) is 12.1 Å². The van der Waals surface area contributed by atoms with Crippen LogP contribution >= 0.6 is 0 Å². The van der Waals surface area contributed by atoms with Crippen LogP contribution in [0, 0.1) is 15.9 Å². The van der Waals surface area contributed by atoms with E-state index in [2.05, 4.69) is 25.9 Å². The molecule has 0 saturated carbocycles. The number of hydrogen-bond acceptors (Lipinski definition) is 6. The first kappa shape index (κ1) is 11.9. The number of nitro groups is 1. The highest BCUT2D eigenvalue weighted by Crippen LogP contribution is 2.27. The topological polar surface area (TPSA) is 110 Å². The summed E-state index contributed by atoms with van der Waals surface area (Å²) >= 11 is 0. The third kappa shape index (κ3) is 2.39. The molecule has 1 aromatic heterocycles. The van der Waals surface area contributed by atoms with Gasteiger partial charge in [-0.2, -0.15) is 5.21 Å². The monoisotopic (exact) mass is 252 g/mol. The summed E-state index contributed by atoms with van der Waals surface area (Å²) in [5.41, 5.74) is -0.149. The SMILES string of the molecule is CC(Nc1ccc(F)cc1[N+](=O)[O-])c1nn[nH]n1. The van der Waals surface area contributed by atoms with Gasteiger partial charge in [-0.25, -0.2) is 4.39 Å². The molecule has 0 saturated heterocycles. The molecule has 1 atom stereocenters. The number of aromatic nitrogens is 4. The van der Waals surface area contributed by atoms with Crippen molar-refractivity contribution >= 4 is 11.4 Å². The van der Waals surface area contributed by atoms with Gasteiger partial charge in [0.25, 0.3) is 5.69 Å². The highest BCUT2D eigenvalue weighted by molar-refractivity contribution is 5.61. The normalized spacial score (nSPS) is 12.1. The first-order valence-corrected chi connectivity index (χ1v) is 5.01. The lowest BCUT2D eigenvalue weighted by Crippen LogP contribution is -2.10. The summed E-state index contributed by atoms with van der Waals surface area (Å²) in [6.07, 6.45) is 0. The van der Waals surface area contributed by atoms with Crippen LogP contribution in [0.2, 0.25) is 0 Å². The number of anilines is 1. The molecule has 1 unspecified atom stereocenters. The van der Waals surface area contributed by atoms with Crippen LogP contribution in [0.3, 0.4) is 0 Å². The second kappa shape index (κ2) is 4.73. The molecule has 94 valence electrons. The van der Waals surface area contributed by atoms with Crippen LogP contribution in [-0.2, 0) is 0 Å². The van der Waals surface area contributed by atoms with Crippen molar-refractivity contribution in [3.05, 3.63) is 40.0 Å². The Balaban J connectivity index is 2.26. The molecule has 0 fully saturated rings. The maximum atomic E-state index is 12.9. The predicted octanol–water partition coefficient (Wildman–Crippen LogP) is 1.42. The molecule has 1 aromatic carbocycles. The number of benzene rings is 1. The molecule has 9 heteroatoms. The van der Waals surface area contributed by atoms with Crippen LogP contribution in [0.5, 0.6) is 0 Å². The van der Waals surface area contributed by atoms with Gasteiger partial charge >= 0.3 is 0 Å². The van der Waals surface area contributed by atoms with Gasteiger partial charge in [0.15, 0.2) is 5.82 Å². The summed E-state index contributed by atoms with van der Waals surface area (Å²) in [4.78, 5) is 10.1. The van der Waals surface area contributed by atoms with Crippen LogP contribution in [0.25, 0.3) is 0 Å². The van der Waals surface area contributed by atoms with Gasteiger partial charge in [0.2, 0.25) is 0 Å². The van der Waals surface area contributed by atoms with Gasteiger partial charge in [0, 0.05) is 0 Å². The summed E-state index contributed by atoms with van der Waals surface area (Å²) in [5.74, 6) is -0.312. The van der Waals surface area contributed by atoms with E-state index in [-0.39, 0.29) is 11.4 Å². The molecule has 2 N–H and O–H groups in total. The van der Waals surface area contributed by atoms with E-state index < -0.39 is 16.8 Å². The lowest BCUT2D eigenvalue weighted by molar-refractivity contribution is -0.384. The summed E-state index contributed by atoms with van der Waals surface area (Å²) in [6.45, 7) is 1.71. The fourth-order valence-corrected chi connectivity index (χ4v) is 1.43. The molecule has 0 amide bonds. The van der Waals surface area contributed by atoms with E-state index in [0.29, 0.717) is 5.82 Å². The van der Waals surface area contributed by atoms with Crippen molar-refractivity contribution in [1.29, 1.82) is 0 Å². The first-order valence-electron chi connectivity index (χ1n) is 5.01. The maximum absolute atomic E-state index is 12.9. The molecule has 0 bridgehead atoms. The number of nitrogens with zero attached hydrogens (tertiary/aromatic N) is 4. The zero-order valence-electron chi connectivity index (χ0n) is 9.29. The molecule has 18 heavy (non-hydrogen) atoms. The lowest BCUT2D eigenvalue weighted by atomic mass is 10.2. The minimum absolute atomic E-state index is 0.193. The lowest BCUT2D eigenvalue weighted by Gasteiger charge is -2.11. The Labute approximate surface area is 100 Å². The van der Waals surface area contributed by atoms with Gasteiger partial charge < -0.3 is 5.32 Å². The van der Waals surface area contributed by atoms with Crippen LogP contribution in [0.4, 0.5) is 15.8 Å². The summed E-state index contributed by atoms with van der Waals surface area (Å²) in [6, 6.07) is 2.89. The highest BCUT2D eigenvalue weighted by Gasteiger charge is 2.18. The van der Waals surface area contributed by atoms with Gasteiger partial charge in [0.1, 0.15) is 11.5 Å². The Morgan fingerprint density at radius 2 is 2.33 bits per heavy atom. The molecule has 0 aliphatic carbocycles. The maximum Gasteiger partial charge on any atom is 0.295 e. The summed E-state index contributed by atoms with van der Waals surface area (Å²) in [5, 5.41) is 26.8. The molecule has 0 aliphatic heterocycles. The van der Waals surface area contributed by atoms with E-state index in [1.54, 1.807) is 6.92 Å². The highest BCUT2D eigenvalue weighted by atomic mass is 19.1. The van der Waals surface area contributed by atoms with E-state index in [9.17, 15) is 14.5 Å². The largest absolute Gasteiger partial charge is 0.370 e. The zero-order valence-corrected chi connectivity index (χ0v) is 9.29. The number of aromatic amines is 1. The van der Waals surface area contributed by atoms with Gasteiger partial charge in [-0.05, 0) is 19.1 Å². The Morgan fingerprint density at radius 3 is 2.94 bits per heavy atom. The Morgan fingerprint density at radius 1 is 1.56 bits per heavy atom. The van der Waals surface area contributed by atoms with E-state index >= 15 is 0 Å². The van der Waals surface area contributed by atoms with Crippen molar-refractivity contribution in [2.45, 2.75) is 13.0 Å². The Bertz CT molecular complexity index is 558. The quantitative estimate of drug-likeness (QED) is 0.629. The van der Waals surface area contributed by atoms with Gasteiger partial charge in [-0.3, -0.25) is 10.1 Å². The second-order valence-corrected chi connectivity index (χ2v) is 3.55. The second-order valence-electron chi connectivity index (χ2n) is 3.55. The fourth-order valence-electron chi connectivity index (χ4n) is 1.43. The minimum atomic E-state index is -0.667. The van der Waals surface area contributed by atoms with Crippen LogP contribution < -0.4 is 5.32 Å². The van der Waals surface area contributed by atoms with Crippen molar-refractivity contribution in [2.24, 2.45) is 0 Å². The fraction of sp³-hybridized carbons (Fsp3) is 0.222. The molecule has 2 rings (SSSR count). The first-order chi connectivity index (χ1) is 8.58. The minimum Gasteiger partial charge on any atom is -0.370 e. The molecule has 0 radical (unpaired) electrons. The molecule has 8 nitrogen and oxygen atoms in total. The van der Waals surface area contributed by atoms with Crippen molar-refractivity contribution < 1.29 is 9.31 Å². The zero-order chi connectivity index (χ0) is 13.1. The summed E-state index contributed by atoms with van der Waals surface area (Å²) < 4.78 is 12.9. The van der Waals surface area contributed by atoms with Crippen molar-refractivity contribution in [1.82, 2.24) is 20.6 Å². The number of nitrogens with one attached hydrogen (secondary N) is 2. The van der Waals surface area contributed by atoms with Gasteiger partial charge in [-0.15, -0.1) is 10.2 Å². The van der Waals surface area contributed by atoms with Gasteiger partial charge in [-0.1, -0.05) is 5.21 Å².